The number of allylic oxidation sites excluding steroid dienone is 1. The highest BCUT2D eigenvalue weighted by atomic mass is 16.8. The van der Waals surface area contributed by atoms with E-state index in [9.17, 15) is 56.2 Å². The third-order valence-corrected chi connectivity index (χ3v) is 20.0. The third kappa shape index (κ3) is 7.01. The van der Waals surface area contributed by atoms with Crippen LogP contribution in [0.4, 0.5) is 0 Å². The van der Waals surface area contributed by atoms with E-state index in [2.05, 4.69) is 46.8 Å². The monoisotopic (exact) mass is 943 g/mol. The zero-order valence-electron chi connectivity index (χ0n) is 39.5. The first-order valence-corrected chi connectivity index (χ1v) is 24.5. The lowest BCUT2D eigenvalue weighted by molar-refractivity contribution is -0.398. The summed E-state index contributed by atoms with van der Waals surface area (Å²) in [7, 11) is 0. The minimum absolute atomic E-state index is 0.0615. The Kier molecular flexibility index (Phi) is 12.9. The number of aliphatic hydroxyl groups is 11. The van der Waals surface area contributed by atoms with Crippen LogP contribution in [0, 0.1) is 50.2 Å². The molecule has 0 aromatic heterocycles. The van der Waals surface area contributed by atoms with Gasteiger partial charge >= 0.3 is 0 Å². The van der Waals surface area contributed by atoms with Gasteiger partial charge in [0.2, 0.25) is 0 Å². The first kappa shape index (κ1) is 50.0. The molecule has 66 heavy (non-hydrogen) atoms. The van der Waals surface area contributed by atoms with Crippen molar-refractivity contribution in [1.29, 1.82) is 0 Å². The second-order valence-electron chi connectivity index (χ2n) is 23.8. The Morgan fingerprint density at radius 2 is 1.21 bits per heavy atom. The van der Waals surface area contributed by atoms with Crippen LogP contribution < -0.4 is 0 Å². The summed E-state index contributed by atoms with van der Waals surface area (Å²) in [5.74, 6) is 0.167. The average molecular weight is 943 g/mol. The van der Waals surface area contributed by atoms with Crippen LogP contribution in [0.25, 0.3) is 0 Å². The van der Waals surface area contributed by atoms with Crippen LogP contribution in [-0.2, 0) is 33.2 Å². The quantitative estimate of drug-likeness (QED) is 0.104. The first-order valence-electron chi connectivity index (χ1n) is 24.5. The minimum Gasteiger partial charge on any atom is -0.396 e. The van der Waals surface area contributed by atoms with Gasteiger partial charge in [-0.2, -0.15) is 0 Å². The molecular weight excluding hydrogens is 865 g/mol. The number of rotatable bonds is 9. The molecule has 0 aromatic rings. The molecule has 5 aliphatic carbocycles. The van der Waals surface area contributed by atoms with Gasteiger partial charge in [-0.15, -0.1) is 0 Å². The zero-order valence-corrected chi connectivity index (χ0v) is 39.5. The maximum Gasteiger partial charge on any atom is 0.187 e. The SMILES string of the molecule is C[C@H]1O[C@@H](O[C@H]2CC[C@@]3(C)[C@@H](CC[C@]4(C)[C@@H]3C=CC35OC[C@@]6(CCC(C)(C)C[C@@H]36)[C@@H](O)C[C@]54C)[C@]2(C)CO)[C@H](O[C@@H]2O[C@H](CO)[C@H](O)[C@H](O)[C@H]2O)[C@@H](O[C@@H]2O[C@H](CO)[C@H](O)[C@H](O)[C@H]2O)[C@H]1O. The standard InChI is InChI=1S/C48H78O18/c1-22-30(53)37(65-39-35(58)33(56)31(54)23(18-49)62-39)38(66-40-36(59)34(57)32(55)24(19-50)63-40)41(61-22)64-29-10-11-43(4)25(44(29,5)20-51)8-12-45(6)26(43)9-13-48-27-16-42(2,3)14-15-47(27,21-60-48)28(52)17-46(45,48)7/h9,13,22-41,49-59H,8,10-12,14-21H2,1-7H3/t22-,23-,24-,25-,26-,27-,28+,29+,30+,31+,32+,33+,34+,35-,36-,37+,38-,39+,40+,41+,43+,44+,45-,46+,47-,48?/m1/s1. The van der Waals surface area contributed by atoms with Crippen LogP contribution in [-0.4, -0.2) is 193 Å². The summed E-state index contributed by atoms with van der Waals surface area (Å²) in [6.45, 7) is 14.1. The molecule has 9 rings (SSSR count). The molecule has 378 valence electrons. The van der Waals surface area contributed by atoms with Crippen molar-refractivity contribution < 1.29 is 89.3 Å². The van der Waals surface area contributed by atoms with E-state index in [1.807, 2.05) is 6.92 Å². The van der Waals surface area contributed by atoms with Crippen molar-refractivity contribution >= 4 is 0 Å². The molecule has 0 radical (unpaired) electrons. The second-order valence-corrected chi connectivity index (χ2v) is 23.8. The van der Waals surface area contributed by atoms with Gasteiger partial charge in [0.05, 0.1) is 50.3 Å². The Hall–Kier alpha value is -0.980. The fourth-order valence-electron chi connectivity index (χ4n) is 15.8. The number of hydrogen-bond donors (Lipinski definition) is 11. The molecule has 1 unspecified atom stereocenters. The van der Waals surface area contributed by atoms with E-state index in [1.165, 1.54) is 0 Å². The predicted molar refractivity (Wildman–Crippen MR) is 229 cm³/mol. The molecule has 26 atom stereocenters. The molecule has 8 fully saturated rings. The summed E-state index contributed by atoms with van der Waals surface area (Å²) in [6.07, 6.45) is -14.3. The fraction of sp³-hybridized carbons (Fsp3) is 0.958. The van der Waals surface area contributed by atoms with Crippen molar-refractivity contribution in [2.75, 3.05) is 26.4 Å². The van der Waals surface area contributed by atoms with Gasteiger partial charge in [-0.3, -0.25) is 0 Å². The highest BCUT2D eigenvalue weighted by molar-refractivity contribution is 5.36. The van der Waals surface area contributed by atoms with Crippen molar-refractivity contribution in [3.8, 4) is 0 Å². The molecule has 4 aliphatic heterocycles. The van der Waals surface area contributed by atoms with Gasteiger partial charge in [-0.05, 0) is 86.4 Å². The second kappa shape index (κ2) is 17.1. The van der Waals surface area contributed by atoms with Crippen molar-refractivity contribution in [3.63, 3.8) is 0 Å². The lowest BCUT2D eigenvalue weighted by atomic mass is 9.32. The largest absolute Gasteiger partial charge is 0.396 e. The Labute approximate surface area is 387 Å². The lowest BCUT2D eigenvalue weighted by Crippen LogP contribution is -2.72. The summed E-state index contributed by atoms with van der Waals surface area (Å²) in [4.78, 5) is 0. The van der Waals surface area contributed by atoms with E-state index < -0.39 is 129 Å². The summed E-state index contributed by atoms with van der Waals surface area (Å²) in [6, 6.07) is 0. The van der Waals surface area contributed by atoms with Crippen molar-refractivity contribution in [1.82, 2.24) is 0 Å². The van der Waals surface area contributed by atoms with E-state index in [-0.39, 0.29) is 51.4 Å². The van der Waals surface area contributed by atoms with Gasteiger partial charge in [-0.25, -0.2) is 0 Å². The Bertz CT molecular complexity index is 1800. The van der Waals surface area contributed by atoms with Crippen molar-refractivity contribution in [2.24, 2.45) is 50.2 Å². The van der Waals surface area contributed by atoms with Crippen LogP contribution in [0.1, 0.15) is 99.8 Å². The topological polar surface area (TPSA) is 287 Å². The molecule has 0 amide bonds. The Balaban J connectivity index is 1.03. The molecule has 9 aliphatic rings. The van der Waals surface area contributed by atoms with Crippen LogP contribution in [0.2, 0.25) is 0 Å². The van der Waals surface area contributed by atoms with Crippen molar-refractivity contribution in [3.05, 3.63) is 12.2 Å². The van der Waals surface area contributed by atoms with E-state index >= 15 is 0 Å². The molecular formula is C48H78O18. The van der Waals surface area contributed by atoms with Gasteiger partial charge < -0.3 is 89.3 Å². The van der Waals surface area contributed by atoms with Gasteiger partial charge in [0.25, 0.3) is 0 Å². The molecule has 1 spiro atoms. The van der Waals surface area contributed by atoms with E-state index in [1.54, 1.807) is 6.92 Å². The summed E-state index contributed by atoms with van der Waals surface area (Å²) in [5, 5.41) is 120. The molecule has 4 saturated heterocycles. The lowest BCUT2D eigenvalue weighted by Gasteiger charge is -2.73. The van der Waals surface area contributed by atoms with Gasteiger partial charge in [0, 0.05) is 22.2 Å². The van der Waals surface area contributed by atoms with Gasteiger partial charge in [0.1, 0.15) is 67.1 Å². The summed E-state index contributed by atoms with van der Waals surface area (Å²) >= 11 is 0. The number of fused-ring (bicyclic) bond motifs is 4. The maximum absolute atomic E-state index is 12.3. The summed E-state index contributed by atoms with van der Waals surface area (Å²) < 4.78 is 44.4. The van der Waals surface area contributed by atoms with Gasteiger partial charge in [-0.1, -0.05) is 53.7 Å². The minimum atomic E-state index is -1.88. The van der Waals surface area contributed by atoms with E-state index in [0.29, 0.717) is 25.9 Å². The Morgan fingerprint density at radius 1 is 0.606 bits per heavy atom. The van der Waals surface area contributed by atoms with Crippen LogP contribution >= 0.6 is 0 Å². The van der Waals surface area contributed by atoms with Crippen LogP contribution in [0.3, 0.4) is 0 Å². The molecule has 2 bridgehead atoms. The predicted octanol–water partition coefficient (Wildman–Crippen LogP) is -0.399. The third-order valence-electron chi connectivity index (χ3n) is 20.0. The molecule has 11 N–H and O–H groups in total. The fourth-order valence-corrected chi connectivity index (χ4v) is 15.8. The normalized spacial score (nSPS) is 58.8. The summed E-state index contributed by atoms with van der Waals surface area (Å²) in [5.41, 5.74) is -2.52. The van der Waals surface area contributed by atoms with E-state index in [4.69, 9.17) is 33.2 Å². The Morgan fingerprint density at radius 3 is 1.80 bits per heavy atom. The van der Waals surface area contributed by atoms with Gasteiger partial charge in [0.15, 0.2) is 18.9 Å². The highest BCUT2D eigenvalue weighted by Crippen LogP contribution is 2.79. The van der Waals surface area contributed by atoms with Crippen LogP contribution in [0.15, 0.2) is 12.2 Å². The van der Waals surface area contributed by atoms with E-state index in [0.717, 1.165) is 32.1 Å². The maximum atomic E-state index is 12.3. The van der Waals surface area contributed by atoms with Crippen molar-refractivity contribution in [2.45, 2.75) is 210 Å². The van der Waals surface area contributed by atoms with Crippen LogP contribution in [0.5, 0.6) is 0 Å². The highest BCUT2D eigenvalue weighted by Gasteiger charge is 2.79. The first-order chi connectivity index (χ1) is 30.9. The zero-order chi connectivity index (χ0) is 47.9. The number of aliphatic hydroxyl groups excluding tert-OH is 11. The number of hydrogen-bond acceptors (Lipinski definition) is 18. The molecule has 4 heterocycles. The molecule has 4 saturated carbocycles. The molecule has 18 heteroatoms. The molecule has 0 aromatic carbocycles. The molecule has 18 nitrogen and oxygen atoms in total. The number of ether oxygens (including phenoxy) is 7. The smallest absolute Gasteiger partial charge is 0.187 e. The average Bonchev–Trinajstić information content (AvgIpc) is 3.55.